The number of nitrogens with one attached hydrogen (secondary N) is 1. The molecule has 1 aromatic carbocycles. The first-order valence-electron chi connectivity index (χ1n) is 5.00. The fourth-order valence-corrected chi connectivity index (χ4v) is 1.87. The summed E-state index contributed by atoms with van der Waals surface area (Å²) >= 11 is 0. The highest BCUT2D eigenvalue weighted by Gasteiger charge is 2.32. The van der Waals surface area contributed by atoms with Crippen LogP contribution in [0, 0.1) is 5.82 Å². The third-order valence-electron chi connectivity index (χ3n) is 2.70. The van der Waals surface area contributed by atoms with Gasteiger partial charge in [-0.1, -0.05) is 0 Å². The second-order valence-electron chi connectivity index (χ2n) is 3.80. The van der Waals surface area contributed by atoms with Gasteiger partial charge in [0.1, 0.15) is 11.6 Å². The monoisotopic (exact) mass is 224 g/mol. The zero-order valence-corrected chi connectivity index (χ0v) is 8.87. The molecule has 1 heterocycles. The number of carbonyl (C=O) groups excluding carboxylic acids is 1. The van der Waals surface area contributed by atoms with Gasteiger partial charge >= 0.3 is 0 Å². The number of hydrogen-bond acceptors (Lipinski definition) is 3. The fraction of sp³-hybridized carbons (Fsp3) is 0.364. The minimum Gasteiger partial charge on any atom is -0.497 e. The number of hydrogen-bond donors (Lipinski definition) is 2. The molecule has 3 N–H and O–H groups in total. The first kappa shape index (κ1) is 10.9. The van der Waals surface area contributed by atoms with Crippen molar-refractivity contribution >= 4 is 5.91 Å². The molecule has 0 radical (unpaired) electrons. The van der Waals surface area contributed by atoms with Gasteiger partial charge in [0, 0.05) is 18.0 Å². The van der Waals surface area contributed by atoms with Gasteiger partial charge in [0.15, 0.2) is 0 Å². The van der Waals surface area contributed by atoms with E-state index in [4.69, 9.17) is 10.5 Å². The summed E-state index contributed by atoms with van der Waals surface area (Å²) in [6.07, 6.45) is 0.224. The summed E-state index contributed by atoms with van der Waals surface area (Å²) in [6, 6.07) is 3.54. The van der Waals surface area contributed by atoms with Crippen LogP contribution in [0.4, 0.5) is 4.39 Å². The van der Waals surface area contributed by atoms with E-state index in [1.165, 1.54) is 19.2 Å². The molecular weight excluding hydrogens is 211 g/mol. The maximum atomic E-state index is 13.6. The first-order chi connectivity index (χ1) is 7.61. The van der Waals surface area contributed by atoms with Crippen LogP contribution in [0.1, 0.15) is 18.0 Å². The molecule has 1 amide bonds. The van der Waals surface area contributed by atoms with E-state index in [-0.39, 0.29) is 18.1 Å². The van der Waals surface area contributed by atoms with Crippen molar-refractivity contribution in [1.29, 1.82) is 0 Å². The minimum atomic E-state index is -0.470. The molecule has 16 heavy (non-hydrogen) atoms. The van der Waals surface area contributed by atoms with Gasteiger partial charge in [0.05, 0.1) is 13.2 Å². The predicted octanol–water partition coefficient (Wildman–Crippen LogP) is 0.723. The number of nitrogens with two attached hydrogens (primary N) is 1. The molecule has 0 spiro atoms. The Morgan fingerprint density at radius 2 is 2.31 bits per heavy atom. The Balaban J connectivity index is 2.35. The largest absolute Gasteiger partial charge is 0.497 e. The minimum absolute atomic E-state index is 0.153. The SMILES string of the molecule is COc1ccc(F)c(C2NC(=O)C[C@@H]2N)c1. The molecule has 1 aliphatic heterocycles. The molecule has 2 rings (SSSR count). The number of amides is 1. The number of carbonyl (C=O) groups is 1. The number of methoxy groups -OCH3 is 1. The van der Waals surface area contributed by atoms with E-state index in [0.717, 1.165) is 0 Å². The highest BCUT2D eigenvalue weighted by atomic mass is 19.1. The molecule has 86 valence electrons. The van der Waals surface area contributed by atoms with E-state index in [1.807, 2.05) is 0 Å². The van der Waals surface area contributed by atoms with Crippen LogP contribution in [0.3, 0.4) is 0 Å². The normalized spacial score (nSPS) is 24.3. The van der Waals surface area contributed by atoms with Gasteiger partial charge in [-0.3, -0.25) is 4.79 Å². The lowest BCUT2D eigenvalue weighted by molar-refractivity contribution is -0.119. The fourth-order valence-electron chi connectivity index (χ4n) is 1.87. The molecule has 1 saturated heterocycles. The quantitative estimate of drug-likeness (QED) is 0.778. The Bertz CT molecular complexity index is 422. The third kappa shape index (κ3) is 1.86. The van der Waals surface area contributed by atoms with Crippen molar-refractivity contribution in [3.63, 3.8) is 0 Å². The van der Waals surface area contributed by atoms with Gasteiger partial charge in [-0.05, 0) is 18.2 Å². The van der Waals surface area contributed by atoms with Gasteiger partial charge in [-0.2, -0.15) is 0 Å². The lowest BCUT2D eigenvalue weighted by Gasteiger charge is -2.16. The summed E-state index contributed by atoms with van der Waals surface area (Å²) in [5.74, 6) is 0.00733. The Morgan fingerprint density at radius 3 is 2.88 bits per heavy atom. The molecule has 5 heteroatoms. The predicted molar refractivity (Wildman–Crippen MR) is 56.4 cm³/mol. The average Bonchev–Trinajstić information content (AvgIpc) is 2.58. The number of benzene rings is 1. The maximum absolute atomic E-state index is 13.6. The molecule has 0 aromatic heterocycles. The smallest absolute Gasteiger partial charge is 0.222 e. The number of halogens is 1. The Labute approximate surface area is 92.6 Å². The van der Waals surface area contributed by atoms with E-state index >= 15 is 0 Å². The van der Waals surface area contributed by atoms with Crippen LogP contribution in [-0.2, 0) is 4.79 Å². The lowest BCUT2D eigenvalue weighted by atomic mass is 10.0. The van der Waals surface area contributed by atoms with Crippen LogP contribution >= 0.6 is 0 Å². The zero-order chi connectivity index (χ0) is 11.7. The van der Waals surface area contributed by atoms with Crippen molar-refractivity contribution in [3.8, 4) is 5.75 Å². The molecule has 1 aromatic rings. The lowest BCUT2D eigenvalue weighted by Crippen LogP contribution is -2.29. The van der Waals surface area contributed by atoms with E-state index in [9.17, 15) is 9.18 Å². The Hall–Kier alpha value is -1.62. The van der Waals surface area contributed by atoms with Crippen molar-refractivity contribution in [2.75, 3.05) is 7.11 Å². The second-order valence-corrected chi connectivity index (χ2v) is 3.80. The van der Waals surface area contributed by atoms with Crippen LogP contribution in [-0.4, -0.2) is 19.1 Å². The van der Waals surface area contributed by atoms with Gasteiger partial charge in [-0.25, -0.2) is 4.39 Å². The van der Waals surface area contributed by atoms with Crippen molar-refractivity contribution in [3.05, 3.63) is 29.6 Å². The first-order valence-corrected chi connectivity index (χ1v) is 5.00. The van der Waals surface area contributed by atoms with Crippen molar-refractivity contribution in [1.82, 2.24) is 5.32 Å². The number of rotatable bonds is 2. The average molecular weight is 224 g/mol. The van der Waals surface area contributed by atoms with Crippen molar-refractivity contribution in [2.45, 2.75) is 18.5 Å². The summed E-state index contributed by atoms with van der Waals surface area (Å²) in [5.41, 5.74) is 6.14. The summed E-state index contributed by atoms with van der Waals surface area (Å²) in [7, 11) is 1.50. The van der Waals surface area contributed by atoms with Crippen LogP contribution < -0.4 is 15.8 Å². The molecule has 1 fully saturated rings. The summed E-state index contributed by atoms with van der Waals surface area (Å²) in [6.45, 7) is 0. The van der Waals surface area contributed by atoms with Gasteiger partial charge in [-0.15, -0.1) is 0 Å². The van der Waals surface area contributed by atoms with Gasteiger partial charge in [0.25, 0.3) is 0 Å². The number of ether oxygens (including phenoxy) is 1. The Kier molecular flexibility index (Phi) is 2.78. The van der Waals surface area contributed by atoms with Crippen LogP contribution in [0.25, 0.3) is 0 Å². The summed E-state index contributed by atoms with van der Waals surface area (Å²) in [5, 5.41) is 2.65. The summed E-state index contributed by atoms with van der Waals surface area (Å²) in [4.78, 5) is 11.2. The van der Waals surface area contributed by atoms with E-state index in [1.54, 1.807) is 6.07 Å². The molecule has 1 unspecified atom stereocenters. The molecule has 0 saturated carbocycles. The third-order valence-corrected chi connectivity index (χ3v) is 2.70. The van der Waals surface area contributed by atoms with Crippen molar-refractivity contribution < 1.29 is 13.9 Å². The maximum Gasteiger partial charge on any atom is 0.222 e. The van der Waals surface area contributed by atoms with E-state index in [0.29, 0.717) is 11.3 Å². The standard InChI is InChI=1S/C11H13FN2O2/c1-16-6-2-3-8(12)7(4-6)11-9(13)5-10(15)14-11/h2-4,9,11H,5,13H2,1H3,(H,14,15)/t9-,11?/m0/s1. The van der Waals surface area contributed by atoms with E-state index in [2.05, 4.69) is 5.32 Å². The molecule has 1 aliphatic rings. The van der Waals surface area contributed by atoms with Crippen LogP contribution in [0.2, 0.25) is 0 Å². The van der Waals surface area contributed by atoms with Gasteiger partial charge in [0.2, 0.25) is 5.91 Å². The summed E-state index contributed by atoms with van der Waals surface area (Å²) < 4.78 is 18.6. The topological polar surface area (TPSA) is 64.3 Å². The van der Waals surface area contributed by atoms with Gasteiger partial charge < -0.3 is 15.8 Å². The van der Waals surface area contributed by atoms with Crippen LogP contribution in [0.15, 0.2) is 18.2 Å². The van der Waals surface area contributed by atoms with Crippen LogP contribution in [0.5, 0.6) is 5.75 Å². The Morgan fingerprint density at radius 1 is 1.56 bits per heavy atom. The highest BCUT2D eigenvalue weighted by Crippen LogP contribution is 2.28. The molecule has 0 bridgehead atoms. The molecule has 4 nitrogen and oxygen atoms in total. The molecule has 2 atom stereocenters. The highest BCUT2D eigenvalue weighted by molar-refractivity contribution is 5.80. The molecule has 0 aliphatic carbocycles. The molecular formula is C11H13FN2O2. The van der Waals surface area contributed by atoms with Crippen molar-refractivity contribution in [2.24, 2.45) is 5.73 Å². The zero-order valence-electron chi connectivity index (χ0n) is 8.87. The van der Waals surface area contributed by atoms with E-state index < -0.39 is 12.1 Å². The second kappa shape index (κ2) is 4.09.